The molecule has 3 rings (SSSR count). The lowest BCUT2D eigenvalue weighted by atomic mass is 10.2. The van der Waals surface area contributed by atoms with Crippen molar-refractivity contribution in [1.29, 1.82) is 0 Å². The van der Waals surface area contributed by atoms with Crippen LogP contribution < -0.4 is 10.2 Å². The van der Waals surface area contributed by atoms with Crippen LogP contribution in [0.2, 0.25) is 0 Å². The summed E-state index contributed by atoms with van der Waals surface area (Å²) in [7, 11) is 0. The fourth-order valence-corrected chi connectivity index (χ4v) is 2.56. The minimum absolute atomic E-state index is 0.431. The van der Waals surface area contributed by atoms with Crippen LogP contribution in [0.5, 0.6) is 0 Å². The van der Waals surface area contributed by atoms with Gasteiger partial charge >= 0.3 is 0 Å². The van der Waals surface area contributed by atoms with E-state index in [2.05, 4.69) is 20.2 Å². The maximum absolute atomic E-state index is 4.54. The summed E-state index contributed by atoms with van der Waals surface area (Å²) < 4.78 is 0. The zero-order chi connectivity index (χ0) is 10.8. The van der Waals surface area contributed by atoms with E-state index in [1.165, 1.54) is 25.7 Å². The molecule has 4 nitrogen and oxygen atoms in total. The lowest BCUT2D eigenvalue weighted by Gasteiger charge is -2.16. The summed E-state index contributed by atoms with van der Waals surface area (Å²) in [6.45, 7) is 3.38. The van der Waals surface area contributed by atoms with Crippen molar-refractivity contribution in [3.05, 3.63) is 18.1 Å². The molecule has 0 aliphatic carbocycles. The Morgan fingerprint density at radius 1 is 1.12 bits per heavy atom. The van der Waals surface area contributed by atoms with Gasteiger partial charge in [-0.1, -0.05) is 0 Å². The second-order valence-electron chi connectivity index (χ2n) is 4.64. The van der Waals surface area contributed by atoms with Crippen LogP contribution in [0.15, 0.2) is 12.4 Å². The van der Waals surface area contributed by atoms with Crippen molar-refractivity contribution in [2.45, 2.75) is 31.7 Å². The van der Waals surface area contributed by atoms with E-state index < -0.39 is 0 Å². The molecule has 0 spiro atoms. The predicted molar refractivity (Wildman–Crippen MR) is 63.5 cm³/mol. The average Bonchev–Trinajstić information content (AvgIpc) is 3.03. The highest BCUT2D eigenvalue weighted by molar-refractivity contribution is 5.37. The minimum Gasteiger partial charge on any atom is -0.355 e. The zero-order valence-corrected chi connectivity index (χ0v) is 9.52. The molecular weight excluding hydrogens is 200 g/mol. The SMILES string of the molecule is c1nc(N2CCCC2)cnc1C1CCCN1. The van der Waals surface area contributed by atoms with Gasteiger partial charge < -0.3 is 10.2 Å². The number of nitrogens with zero attached hydrogens (tertiary/aromatic N) is 3. The number of anilines is 1. The fraction of sp³-hybridized carbons (Fsp3) is 0.667. The monoisotopic (exact) mass is 218 g/mol. The second-order valence-corrected chi connectivity index (χ2v) is 4.64. The minimum atomic E-state index is 0.431. The molecule has 1 N–H and O–H groups in total. The van der Waals surface area contributed by atoms with Gasteiger partial charge in [-0.05, 0) is 32.2 Å². The molecule has 2 saturated heterocycles. The summed E-state index contributed by atoms with van der Waals surface area (Å²) in [6.07, 6.45) is 8.89. The molecule has 0 saturated carbocycles. The molecule has 1 unspecified atom stereocenters. The van der Waals surface area contributed by atoms with Gasteiger partial charge in [-0.15, -0.1) is 0 Å². The number of hydrogen-bond acceptors (Lipinski definition) is 4. The summed E-state index contributed by atoms with van der Waals surface area (Å²) in [5.74, 6) is 1.04. The van der Waals surface area contributed by atoms with Gasteiger partial charge in [0.1, 0.15) is 5.82 Å². The van der Waals surface area contributed by atoms with Crippen LogP contribution in [-0.4, -0.2) is 29.6 Å². The molecule has 2 aliphatic rings. The van der Waals surface area contributed by atoms with Crippen molar-refractivity contribution in [3.8, 4) is 0 Å². The number of rotatable bonds is 2. The molecule has 1 aromatic rings. The van der Waals surface area contributed by atoms with Gasteiger partial charge in [-0.25, -0.2) is 4.98 Å². The van der Waals surface area contributed by atoms with E-state index in [1.807, 2.05) is 12.4 Å². The lowest BCUT2D eigenvalue weighted by Crippen LogP contribution is -2.20. The Balaban J connectivity index is 1.73. The Bertz CT molecular complexity index is 302. The van der Waals surface area contributed by atoms with Gasteiger partial charge in [0.2, 0.25) is 0 Å². The van der Waals surface area contributed by atoms with Crippen molar-refractivity contribution < 1.29 is 0 Å². The van der Waals surface area contributed by atoms with Gasteiger partial charge in [-0.3, -0.25) is 4.98 Å². The molecule has 4 heteroatoms. The number of aromatic nitrogens is 2. The van der Waals surface area contributed by atoms with Gasteiger partial charge in [0.05, 0.1) is 24.1 Å². The third kappa shape index (κ3) is 1.89. The Morgan fingerprint density at radius 3 is 2.62 bits per heavy atom. The van der Waals surface area contributed by atoms with Crippen molar-refractivity contribution in [2.75, 3.05) is 24.5 Å². The van der Waals surface area contributed by atoms with E-state index in [0.29, 0.717) is 6.04 Å². The van der Waals surface area contributed by atoms with E-state index >= 15 is 0 Å². The first-order valence-electron chi connectivity index (χ1n) is 6.24. The first kappa shape index (κ1) is 10.0. The molecular formula is C12H18N4. The maximum Gasteiger partial charge on any atom is 0.147 e. The summed E-state index contributed by atoms with van der Waals surface area (Å²) in [5, 5.41) is 3.45. The summed E-state index contributed by atoms with van der Waals surface area (Å²) in [6, 6.07) is 0.431. The molecule has 0 bridgehead atoms. The predicted octanol–water partition coefficient (Wildman–Crippen LogP) is 1.50. The van der Waals surface area contributed by atoms with Crippen molar-refractivity contribution in [3.63, 3.8) is 0 Å². The standard InChI is InChI=1S/C12H18N4/c1-2-7-16(6-1)12-9-14-11(8-15-12)10-4-3-5-13-10/h8-10,13H,1-7H2. The van der Waals surface area contributed by atoms with E-state index in [1.54, 1.807) is 0 Å². The molecule has 0 radical (unpaired) electrons. The first-order chi connectivity index (χ1) is 7.93. The molecule has 1 atom stereocenters. The largest absolute Gasteiger partial charge is 0.355 e. The van der Waals surface area contributed by atoms with Crippen LogP contribution in [-0.2, 0) is 0 Å². The number of hydrogen-bond donors (Lipinski definition) is 1. The van der Waals surface area contributed by atoms with Crippen LogP contribution in [0.3, 0.4) is 0 Å². The van der Waals surface area contributed by atoms with Crippen LogP contribution in [0.25, 0.3) is 0 Å². The van der Waals surface area contributed by atoms with Gasteiger partial charge in [0.15, 0.2) is 0 Å². The molecule has 2 fully saturated rings. The molecule has 3 heterocycles. The zero-order valence-electron chi connectivity index (χ0n) is 9.52. The number of nitrogens with one attached hydrogen (secondary N) is 1. The first-order valence-corrected chi connectivity index (χ1v) is 6.24. The van der Waals surface area contributed by atoms with Crippen LogP contribution in [0.1, 0.15) is 37.4 Å². The third-order valence-corrected chi connectivity index (χ3v) is 3.51. The average molecular weight is 218 g/mol. The van der Waals surface area contributed by atoms with Gasteiger partial charge in [0.25, 0.3) is 0 Å². The second kappa shape index (κ2) is 4.37. The van der Waals surface area contributed by atoms with E-state index in [4.69, 9.17) is 0 Å². The molecule has 0 aromatic carbocycles. The summed E-state index contributed by atoms with van der Waals surface area (Å²) in [4.78, 5) is 11.4. The summed E-state index contributed by atoms with van der Waals surface area (Å²) >= 11 is 0. The van der Waals surface area contributed by atoms with E-state index in [-0.39, 0.29) is 0 Å². The molecule has 0 amide bonds. The molecule has 16 heavy (non-hydrogen) atoms. The Hall–Kier alpha value is -1.16. The Kier molecular flexibility index (Phi) is 2.74. The van der Waals surface area contributed by atoms with Crippen molar-refractivity contribution in [2.24, 2.45) is 0 Å². The van der Waals surface area contributed by atoms with Crippen LogP contribution >= 0.6 is 0 Å². The Morgan fingerprint density at radius 2 is 2.00 bits per heavy atom. The van der Waals surface area contributed by atoms with Crippen LogP contribution in [0.4, 0.5) is 5.82 Å². The Labute approximate surface area is 96.1 Å². The topological polar surface area (TPSA) is 41.1 Å². The highest BCUT2D eigenvalue weighted by atomic mass is 15.2. The fourth-order valence-electron chi connectivity index (χ4n) is 2.56. The smallest absolute Gasteiger partial charge is 0.147 e. The lowest BCUT2D eigenvalue weighted by molar-refractivity contribution is 0.623. The maximum atomic E-state index is 4.54. The van der Waals surface area contributed by atoms with E-state index in [9.17, 15) is 0 Å². The van der Waals surface area contributed by atoms with Crippen molar-refractivity contribution >= 4 is 5.82 Å². The third-order valence-electron chi connectivity index (χ3n) is 3.51. The normalized spacial score (nSPS) is 25.2. The van der Waals surface area contributed by atoms with E-state index in [0.717, 1.165) is 31.1 Å². The molecule has 2 aliphatic heterocycles. The molecule has 1 aromatic heterocycles. The molecule has 86 valence electrons. The highest BCUT2D eigenvalue weighted by Crippen LogP contribution is 2.22. The van der Waals surface area contributed by atoms with Crippen molar-refractivity contribution in [1.82, 2.24) is 15.3 Å². The van der Waals surface area contributed by atoms with Crippen LogP contribution in [0, 0.1) is 0 Å². The van der Waals surface area contributed by atoms with Gasteiger partial charge in [-0.2, -0.15) is 0 Å². The van der Waals surface area contributed by atoms with Gasteiger partial charge in [0, 0.05) is 13.1 Å². The quantitative estimate of drug-likeness (QED) is 0.816. The highest BCUT2D eigenvalue weighted by Gasteiger charge is 2.19. The summed E-state index contributed by atoms with van der Waals surface area (Å²) in [5.41, 5.74) is 1.10.